The predicted molar refractivity (Wildman–Crippen MR) is 62.8 cm³/mol. The van der Waals surface area contributed by atoms with Gasteiger partial charge in [-0.05, 0) is 20.8 Å². The van der Waals surface area contributed by atoms with Crippen molar-refractivity contribution in [3.8, 4) is 0 Å². The molecule has 0 bridgehead atoms. The van der Waals surface area contributed by atoms with Gasteiger partial charge in [0.05, 0.1) is 25.2 Å². The lowest BCUT2D eigenvalue weighted by Crippen LogP contribution is -2.51. The van der Waals surface area contributed by atoms with Crippen LogP contribution in [0.2, 0.25) is 0 Å². The molecule has 2 rings (SSSR count). The summed E-state index contributed by atoms with van der Waals surface area (Å²) in [5.41, 5.74) is -1.11. The predicted octanol–water partition coefficient (Wildman–Crippen LogP) is 1.44. The van der Waals surface area contributed by atoms with Gasteiger partial charge in [-0.2, -0.15) is 0 Å². The van der Waals surface area contributed by atoms with Gasteiger partial charge in [0.2, 0.25) is 0 Å². The molecule has 0 unspecified atom stereocenters. The molecular formula is C13H20O5. The zero-order valence-electron chi connectivity index (χ0n) is 11.2. The molecule has 5 heteroatoms. The van der Waals surface area contributed by atoms with E-state index in [2.05, 4.69) is 0 Å². The van der Waals surface area contributed by atoms with Crippen molar-refractivity contribution in [1.29, 1.82) is 0 Å². The van der Waals surface area contributed by atoms with Gasteiger partial charge < -0.3 is 14.2 Å². The van der Waals surface area contributed by atoms with Gasteiger partial charge in [0.1, 0.15) is 11.5 Å². The van der Waals surface area contributed by atoms with Crippen LogP contribution >= 0.6 is 0 Å². The van der Waals surface area contributed by atoms with Gasteiger partial charge in [0.25, 0.3) is 0 Å². The fourth-order valence-electron chi connectivity index (χ4n) is 2.98. The van der Waals surface area contributed by atoms with Crippen molar-refractivity contribution < 1.29 is 23.8 Å². The standard InChI is InChI=1S/C13H20O5/c1-4-16-11(15)9-7-10(14)18-13(9)5-6-17-12(2,3)8-13/h9H,4-8H2,1-3H3/t9-,13+/m0/s1. The molecule has 2 saturated heterocycles. The molecule has 0 aliphatic carbocycles. The molecular weight excluding hydrogens is 236 g/mol. The third-order valence-corrected chi connectivity index (χ3v) is 3.64. The second kappa shape index (κ2) is 4.53. The maximum absolute atomic E-state index is 12.0. The molecule has 2 heterocycles. The second-order valence-corrected chi connectivity index (χ2v) is 5.58. The van der Waals surface area contributed by atoms with E-state index in [1.54, 1.807) is 6.92 Å². The van der Waals surface area contributed by atoms with Crippen molar-refractivity contribution in [3.05, 3.63) is 0 Å². The van der Waals surface area contributed by atoms with Crippen LogP contribution in [0.4, 0.5) is 0 Å². The molecule has 2 aliphatic rings. The van der Waals surface area contributed by atoms with Gasteiger partial charge in [-0.3, -0.25) is 9.59 Å². The van der Waals surface area contributed by atoms with E-state index in [0.717, 1.165) is 0 Å². The summed E-state index contributed by atoms with van der Waals surface area (Å²) in [7, 11) is 0. The van der Waals surface area contributed by atoms with Gasteiger partial charge in [-0.1, -0.05) is 0 Å². The zero-order valence-corrected chi connectivity index (χ0v) is 11.2. The van der Waals surface area contributed by atoms with Crippen LogP contribution in [0.1, 0.15) is 40.0 Å². The quantitative estimate of drug-likeness (QED) is 0.700. The molecule has 0 aromatic rings. The van der Waals surface area contributed by atoms with E-state index >= 15 is 0 Å². The Kier molecular flexibility index (Phi) is 3.36. The zero-order chi connectivity index (χ0) is 13.4. The summed E-state index contributed by atoms with van der Waals surface area (Å²) < 4.78 is 16.2. The number of carbonyl (C=O) groups excluding carboxylic acids is 2. The highest BCUT2D eigenvalue weighted by Crippen LogP contribution is 2.45. The van der Waals surface area contributed by atoms with Gasteiger partial charge in [-0.25, -0.2) is 0 Å². The number of carbonyl (C=O) groups is 2. The van der Waals surface area contributed by atoms with Crippen LogP contribution in [0, 0.1) is 5.92 Å². The molecule has 0 aromatic carbocycles. The van der Waals surface area contributed by atoms with Gasteiger partial charge >= 0.3 is 11.9 Å². The van der Waals surface area contributed by atoms with Crippen LogP contribution in [0.25, 0.3) is 0 Å². The highest BCUT2D eigenvalue weighted by molar-refractivity contribution is 5.84. The Morgan fingerprint density at radius 1 is 1.50 bits per heavy atom. The van der Waals surface area contributed by atoms with E-state index < -0.39 is 11.5 Å². The first-order valence-corrected chi connectivity index (χ1v) is 6.41. The third kappa shape index (κ3) is 2.36. The number of hydrogen-bond donors (Lipinski definition) is 0. The number of ether oxygens (including phenoxy) is 3. The minimum Gasteiger partial charge on any atom is -0.466 e. The van der Waals surface area contributed by atoms with Crippen molar-refractivity contribution in [2.24, 2.45) is 5.92 Å². The second-order valence-electron chi connectivity index (χ2n) is 5.58. The smallest absolute Gasteiger partial charge is 0.313 e. The lowest BCUT2D eigenvalue weighted by atomic mass is 9.75. The van der Waals surface area contributed by atoms with E-state index in [9.17, 15) is 9.59 Å². The van der Waals surface area contributed by atoms with Crippen molar-refractivity contribution >= 4 is 11.9 Å². The Bertz CT molecular complexity index is 362. The molecule has 2 atom stereocenters. The summed E-state index contributed by atoms with van der Waals surface area (Å²) in [6, 6.07) is 0. The SMILES string of the molecule is CCOC(=O)[C@@H]1CC(=O)O[C@@]12CCOC(C)(C)C2. The van der Waals surface area contributed by atoms with Crippen molar-refractivity contribution in [1.82, 2.24) is 0 Å². The highest BCUT2D eigenvalue weighted by atomic mass is 16.6. The summed E-state index contributed by atoms with van der Waals surface area (Å²) in [6.45, 7) is 6.47. The molecule has 102 valence electrons. The van der Waals surface area contributed by atoms with Gasteiger partial charge in [0, 0.05) is 12.8 Å². The van der Waals surface area contributed by atoms with Crippen LogP contribution in [0.5, 0.6) is 0 Å². The summed E-state index contributed by atoms with van der Waals surface area (Å²) in [5, 5.41) is 0. The monoisotopic (exact) mass is 256 g/mol. The van der Waals surface area contributed by atoms with E-state index in [1.165, 1.54) is 0 Å². The molecule has 18 heavy (non-hydrogen) atoms. The van der Waals surface area contributed by atoms with Crippen LogP contribution in [-0.2, 0) is 23.8 Å². The summed E-state index contributed by atoms with van der Waals surface area (Å²) in [4.78, 5) is 23.6. The average molecular weight is 256 g/mol. The number of hydrogen-bond acceptors (Lipinski definition) is 5. The minimum absolute atomic E-state index is 0.120. The maximum atomic E-state index is 12.0. The number of esters is 2. The molecule has 0 N–H and O–H groups in total. The molecule has 0 saturated carbocycles. The lowest BCUT2D eigenvalue weighted by molar-refractivity contribution is -0.185. The largest absolute Gasteiger partial charge is 0.466 e. The fourth-order valence-corrected chi connectivity index (χ4v) is 2.98. The number of rotatable bonds is 2. The Hall–Kier alpha value is -1.10. The van der Waals surface area contributed by atoms with Gasteiger partial charge in [0.15, 0.2) is 0 Å². The minimum atomic E-state index is -0.731. The molecule has 2 aliphatic heterocycles. The molecule has 5 nitrogen and oxygen atoms in total. The first-order chi connectivity index (χ1) is 8.38. The maximum Gasteiger partial charge on any atom is 0.313 e. The van der Waals surface area contributed by atoms with Crippen LogP contribution in [0.15, 0.2) is 0 Å². The van der Waals surface area contributed by atoms with Crippen LogP contribution in [-0.4, -0.2) is 36.4 Å². The van der Waals surface area contributed by atoms with Crippen LogP contribution in [0.3, 0.4) is 0 Å². The van der Waals surface area contributed by atoms with Crippen molar-refractivity contribution in [2.75, 3.05) is 13.2 Å². The van der Waals surface area contributed by atoms with Crippen molar-refractivity contribution in [2.45, 2.75) is 51.2 Å². The Balaban J connectivity index is 2.22. The average Bonchev–Trinajstić information content (AvgIpc) is 2.53. The van der Waals surface area contributed by atoms with Crippen molar-refractivity contribution in [3.63, 3.8) is 0 Å². The topological polar surface area (TPSA) is 61.8 Å². The lowest BCUT2D eigenvalue weighted by Gasteiger charge is -2.43. The summed E-state index contributed by atoms with van der Waals surface area (Å²) in [5.74, 6) is -1.14. The molecule has 0 amide bonds. The summed E-state index contributed by atoms with van der Waals surface area (Å²) >= 11 is 0. The normalized spacial score (nSPS) is 34.4. The van der Waals surface area contributed by atoms with E-state index in [1.807, 2.05) is 13.8 Å². The molecule has 0 radical (unpaired) electrons. The molecule has 2 fully saturated rings. The Labute approximate surface area is 107 Å². The summed E-state index contributed by atoms with van der Waals surface area (Å²) in [6.07, 6.45) is 1.22. The Morgan fingerprint density at radius 3 is 2.83 bits per heavy atom. The van der Waals surface area contributed by atoms with Gasteiger partial charge in [-0.15, -0.1) is 0 Å². The van der Waals surface area contributed by atoms with E-state index in [4.69, 9.17) is 14.2 Å². The molecule has 0 aromatic heterocycles. The fraction of sp³-hybridized carbons (Fsp3) is 0.846. The molecule has 1 spiro atoms. The Morgan fingerprint density at radius 2 is 2.22 bits per heavy atom. The first-order valence-electron chi connectivity index (χ1n) is 6.41. The van der Waals surface area contributed by atoms with Crippen LogP contribution < -0.4 is 0 Å². The first kappa shape index (κ1) is 13.3. The third-order valence-electron chi connectivity index (χ3n) is 3.64. The van der Waals surface area contributed by atoms with E-state index in [0.29, 0.717) is 26.1 Å². The van der Waals surface area contributed by atoms with E-state index in [-0.39, 0.29) is 24.0 Å². The highest BCUT2D eigenvalue weighted by Gasteiger charge is 2.57.